The average Bonchev–Trinajstić information content (AvgIpc) is 2.89. The lowest BCUT2D eigenvalue weighted by Crippen LogP contribution is -2.12. The van der Waals surface area contributed by atoms with Crippen LogP contribution in [0.15, 0.2) is 30.5 Å². The molecule has 0 saturated carbocycles. The Morgan fingerprint density at radius 3 is 2.81 bits per heavy atom. The van der Waals surface area contributed by atoms with Gasteiger partial charge in [-0.3, -0.25) is 0 Å². The molecule has 1 aromatic carbocycles. The first-order valence-electron chi connectivity index (χ1n) is 7.76. The van der Waals surface area contributed by atoms with Crippen LogP contribution in [0.1, 0.15) is 39.2 Å². The number of hydrogen-bond acceptors (Lipinski definition) is 2. The predicted molar refractivity (Wildman–Crippen MR) is 87.9 cm³/mol. The van der Waals surface area contributed by atoms with Gasteiger partial charge < -0.3 is 9.88 Å². The molecule has 0 unspecified atom stereocenters. The molecular weight excluding hydrogens is 258 g/mol. The normalized spacial score (nSPS) is 11.7. The summed E-state index contributed by atoms with van der Waals surface area (Å²) in [5, 5.41) is 13.8. The van der Waals surface area contributed by atoms with Crippen LogP contribution in [0.3, 0.4) is 0 Å². The third kappa shape index (κ3) is 3.86. The molecule has 0 aliphatic carbocycles. The van der Waals surface area contributed by atoms with Crippen LogP contribution in [0.2, 0.25) is 0 Å². The zero-order valence-electron chi connectivity index (χ0n) is 13.3. The van der Waals surface area contributed by atoms with Crippen molar-refractivity contribution in [3.8, 4) is 6.07 Å². The first kappa shape index (κ1) is 15.6. The molecule has 3 heteroatoms. The molecule has 0 fully saturated rings. The Morgan fingerprint density at radius 2 is 2.10 bits per heavy atom. The third-order valence-corrected chi connectivity index (χ3v) is 3.97. The summed E-state index contributed by atoms with van der Waals surface area (Å²) in [6, 6.07) is 11.1. The van der Waals surface area contributed by atoms with Gasteiger partial charge in [0.15, 0.2) is 0 Å². The minimum atomic E-state index is -0.223. The number of nitrogens with one attached hydrogen (secondary N) is 1. The van der Waals surface area contributed by atoms with Crippen molar-refractivity contribution >= 4 is 10.9 Å². The second kappa shape index (κ2) is 6.78. The van der Waals surface area contributed by atoms with E-state index in [1.807, 2.05) is 13.8 Å². The van der Waals surface area contributed by atoms with Crippen LogP contribution in [0.25, 0.3) is 10.9 Å². The number of fused-ring (bicyclic) bond motifs is 1. The van der Waals surface area contributed by atoms with Crippen molar-refractivity contribution in [2.45, 2.75) is 46.7 Å². The molecule has 0 amide bonds. The molecule has 1 heterocycles. The van der Waals surface area contributed by atoms with Crippen molar-refractivity contribution in [3.63, 3.8) is 0 Å². The second-order valence-corrected chi connectivity index (χ2v) is 6.24. The molecule has 2 aromatic rings. The Kier molecular flexibility index (Phi) is 5.03. The van der Waals surface area contributed by atoms with Crippen LogP contribution in [0.4, 0.5) is 0 Å². The number of aromatic nitrogens is 1. The maximum Gasteiger partial charge on any atom is 0.0683 e. The Hall–Kier alpha value is -1.79. The molecule has 0 bridgehead atoms. The lowest BCUT2D eigenvalue weighted by molar-refractivity contribution is 0.418. The summed E-state index contributed by atoms with van der Waals surface area (Å²) in [4.78, 5) is 0. The van der Waals surface area contributed by atoms with Crippen molar-refractivity contribution in [1.29, 1.82) is 5.26 Å². The zero-order valence-corrected chi connectivity index (χ0v) is 13.3. The lowest BCUT2D eigenvalue weighted by Gasteiger charge is -2.15. The van der Waals surface area contributed by atoms with Gasteiger partial charge in [-0.15, -0.1) is 0 Å². The van der Waals surface area contributed by atoms with E-state index in [-0.39, 0.29) is 5.41 Å². The first-order chi connectivity index (χ1) is 10.1. The summed E-state index contributed by atoms with van der Waals surface area (Å²) in [7, 11) is 0. The van der Waals surface area contributed by atoms with Gasteiger partial charge in [-0.2, -0.15) is 5.26 Å². The van der Waals surface area contributed by atoms with Crippen molar-refractivity contribution < 1.29 is 0 Å². The van der Waals surface area contributed by atoms with E-state index in [0.29, 0.717) is 0 Å². The van der Waals surface area contributed by atoms with E-state index in [9.17, 15) is 0 Å². The summed E-state index contributed by atoms with van der Waals surface area (Å²) in [5.41, 5.74) is 2.42. The molecule has 0 spiro atoms. The van der Waals surface area contributed by atoms with Gasteiger partial charge in [0.05, 0.1) is 11.5 Å². The van der Waals surface area contributed by atoms with E-state index >= 15 is 0 Å². The van der Waals surface area contributed by atoms with Crippen molar-refractivity contribution in [1.82, 2.24) is 9.88 Å². The monoisotopic (exact) mass is 283 g/mol. The fraction of sp³-hybridized carbons (Fsp3) is 0.500. The van der Waals surface area contributed by atoms with E-state index in [1.54, 1.807) is 0 Å². The average molecular weight is 283 g/mol. The number of hydrogen-bond donors (Lipinski definition) is 1. The second-order valence-electron chi connectivity index (χ2n) is 6.24. The Bertz CT molecular complexity index is 631. The quantitative estimate of drug-likeness (QED) is 0.831. The SMILES string of the molecule is CCNCc1cccc2c1ccn2CCCC(C)(C)C#N. The highest BCUT2D eigenvalue weighted by Crippen LogP contribution is 2.24. The molecular formula is C18H25N3. The van der Waals surface area contributed by atoms with Gasteiger partial charge in [-0.05, 0) is 50.9 Å². The smallest absolute Gasteiger partial charge is 0.0683 e. The minimum Gasteiger partial charge on any atom is -0.347 e. The van der Waals surface area contributed by atoms with E-state index in [0.717, 1.165) is 32.5 Å². The Balaban J connectivity index is 2.10. The zero-order chi connectivity index (χ0) is 15.3. The van der Waals surface area contributed by atoms with Gasteiger partial charge in [0.2, 0.25) is 0 Å². The van der Waals surface area contributed by atoms with Crippen LogP contribution >= 0.6 is 0 Å². The van der Waals surface area contributed by atoms with E-state index in [1.165, 1.54) is 16.5 Å². The fourth-order valence-corrected chi connectivity index (χ4v) is 2.64. The molecule has 1 N–H and O–H groups in total. The van der Waals surface area contributed by atoms with Crippen molar-refractivity contribution in [2.75, 3.05) is 6.54 Å². The van der Waals surface area contributed by atoms with Crippen molar-refractivity contribution in [3.05, 3.63) is 36.0 Å². The molecule has 2 rings (SSSR count). The van der Waals surface area contributed by atoms with Crippen LogP contribution in [-0.2, 0) is 13.1 Å². The van der Waals surface area contributed by atoms with E-state index < -0.39 is 0 Å². The topological polar surface area (TPSA) is 40.8 Å². The van der Waals surface area contributed by atoms with Crippen LogP contribution in [-0.4, -0.2) is 11.1 Å². The van der Waals surface area contributed by atoms with E-state index in [2.05, 4.69) is 53.3 Å². The molecule has 21 heavy (non-hydrogen) atoms. The number of nitriles is 1. The summed E-state index contributed by atoms with van der Waals surface area (Å²) >= 11 is 0. The summed E-state index contributed by atoms with van der Waals surface area (Å²) < 4.78 is 2.30. The fourth-order valence-electron chi connectivity index (χ4n) is 2.64. The number of nitrogens with zero attached hydrogens (tertiary/aromatic N) is 2. The maximum atomic E-state index is 9.08. The molecule has 112 valence electrons. The largest absolute Gasteiger partial charge is 0.347 e. The number of aryl methyl sites for hydroxylation is 1. The van der Waals surface area contributed by atoms with E-state index in [4.69, 9.17) is 5.26 Å². The van der Waals surface area contributed by atoms with Gasteiger partial charge >= 0.3 is 0 Å². The van der Waals surface area contributed by atoms with Gasteiger partial charge in [0.25, 0.3) is 0 Å². The third-order valence-electron chi connectivity index (χ3n) is 3.97. The van der Waals surface area contributed by atoms with Crippen LogP contribution < -0.4 is 5.32 Å². The molecule has 0 aliphatic rings. The molecule has 0 aliphatic heterocycles. The Labute approximate surface area is 127 Å². The predicted octanol–water partition coefficient (Wildman–Crippen LogP) is 4.08. The van der Waals surface area contributed by atoms with Gasteiger partial charge in [-0.25, -0.2) is 0 Å². The van der Waals surface area contributed by atoms with Crippen LogP contribution in [0.5, 0.6) is 0 Å². The molecule has 0 atom stereocenters. The highest BCUT2D eigenvalue weighted by atomic mass is 14.9. The standard InChI is InChI=1S/C18H25N3/c1-4-20-13-15-7-5-8-17-16(15)9-12-21(17)11-6-10-18(2,3)14-19/h5,7-9,12,20H,4,6,10-11,13H2,1-3H3. The molecule has 1 aromatic heterocycles. The number of rotatable bonds is 7. The number of benzene rings is 1. The minimum absolute atomic E-state index is 0.223. The van der Waals surface area contributed by atoms with Gasteiger partial charge in [0, 0.05) is 30.2 Å². The van der Waals surface area contributed by atoms with Crippen LogP contribution in [0, 0.1) is 16.7 Å². The summed E-state index contributed by atoms with van der Waals surface area (Å²) in [6.45, 7) is 9.02. The Morgan fingerprint density at radius 1 is 1.29 bits per heavy atom. The molecule has 0 radical (unpaired) electrons. The van der Waals surface area contributed by atoms with Crippen molar-refractivity contribution in [2.24, 2.45) is 5.41 Å². The summed E-state index contributed by atoms with van der Waals surface area (Å²) in [5.74, 6) is 0. The highest BCUT2D eigenvalue weighted by molar-refractivity contribution is 5.83. The van der Waals surface area contributed by atoms with Gasteiger partial charge in [-0.1, -0.05) is 19.1 Å². The molecule has 3 nitrogen and oxygen atoms in total. The first-order valence-corrected chi connectivity index (χ1v) is 7.76. The lowest BCUT2D eigenvalue weighted by atomic mass is 9.90. The summed E-state index contributed by atoms with van der Waals surface area (Å²) in [6.07, 6.45) is 4.13. The van der Waals surface area contributed by atoms with Gasteiger partial charge in [0.1, 0.15) is 0 Å². The molecule has 0 saturated heterocycles. The maximum absolute atomic E-state index is 9.08. The highest BCUT2D eigenvalue weighted by Gasteiger charge is 2.16.